The molecule has 2 aliphatic rings. The van der Waals surface area contributed by atoms with E-state index in [2.05, 4.69) is 10.6 Å². The van der Waals surface area contributed by atoms with Crippen LogP contribution in [0, 0.1) is 17.2 Å². The fourth-order valence-corrected chi connectivity index (χ4v) is 3.18. The lowest BCUT2D eigenvalue weighted by Crippen LogP contribution is -2.31. The van der Waals surface area contributed by atoms with Crippen molar-refractivity contribution in [2.45, 2.75) is 19.3 Å². The van der Waals surface area contributed by atoms with Gasteiger partial charge in [0.2, 0.25) is 5.91 Å². The Bertz CT molecular complexity index is 527. The average molecular weight is 278 g/mol. The molecule has 2 fully saturated rings. The molecule has 1 spiro atoms. The van der Waals surface area contributed by atoms with Crippen molar-refractivity contribution in [1.82, 2.24) is 5.32 Å². The highest BCUT2D eigenvalue weighted by Crippen LogP contribution is 2.58. The van der Waals surface area contributed by atoms with E-state index in [0.29, 0.717) is 11.4 Å². The highest BCUT2D eigenvalue weighted by atomic mass is 19.1. The third-order valence-electron chi connectivity index (χ3n) is 4.53. The van der Waals surface area contributed by atoms with Gasteiger partial charge in [-0.2, -0.15) is 0 Å². The molecule has 1 aromatic carbocycles. The van der Waals surface area contributed by atoms with E-state index >= 15 is 0 Å². The Labute approximate surface area is 117 Å². The summed E-state index contributed by atoms with van der Waals surface area (Å²) in [6.07, 6.45) is 3.08. The van der Waals surface area contributed by atoms with Crippen LogP contribution in [0.4, 0.5) is 10.1 Å². The monoisotopic (exact) mass is 278 g/mol. The predicted molar refractivity (Wildman–Crippen MR) is 74.2 cm³/mol. The second-order valence-corrected chi connectivity index (χ2v) is 5.70. The van der Waals surface area contributed by atoms with E-state index in [-0.39, 0.29) is 23.1 Å². The molecule has 1 unspecified atom stereocenters. The number of ether oxygens (including phenoxy) is 1. The molecule has 0 radical (unpaired) electrons. The molecule has 1 saturated heterocycles. The van der Waals surface area contributed by atoms with E-state index < -0.39 is 0 Å². The zero-order valence-electron chi connectivity index (χ0n) is 11.5. The smallest absolute Gasteiger partial charge is 0.228 e. The molecule has 1 heterocycles. The Morgan fingerprint density at radius 3 is 2.90 bits per heavy atom. The molecule has 0 aromatic heterocycles. The van der Waals surface area contributed by atoms with Crippen molar-refractivity contribution >= 4 is 11.6 Å². The number of hydrogen-bond donors (Lipinski definition) is 2. The van der Waals surface area contributed by atoms with Crippen LogP contribution < -0.4 is 15.4 Å². The Kier molecular flexibility index (Phi) is 3.38. The van der Waals surface area contributed by atoms with Crippen LogP contribution in [0.3, 0.4) is 0 Å². The number of hydrogen-bond acceptors (Lipinski definition) is 3. The van der Waals surface area contributed by atoms with Gasteiger partial charge in [-0.1, -0.05) is 0 Å². The minimum atomic E-state index is -0.374. The van der Waals surface area contributed by atoms with Gasteiger partial charge in [0.15, 0.2) is 0 Å². The zero-order valence-corrected chi connectivity index (χ0v) is 11.5. The van der Waals surface area contributed by atoms with Crippen molar-refractivity contribution in [2.75, 3.05) is 25.5 Å². The quantitative estimate of drug-likeness (QED) is 0.891. The number of carbonyl (C=O) groups excluding carboxylic acids is 1. The first-order valence-electron chi connectivity index (χ1n) is 7.00. The second kappa shape index (κ2) is 5.05. The first-order valence-corrected chi connectivity index (χ1v) is 7.00. The van der Waals surface area contributed by atoms with E-state index in [0.717, 1.165) is 32.4 Å². The SMILES string of the molecule is COc1cc(F)ccc1NC(=O)C1CC12CCNCC2. The van der Waals surface area contributed by atoms with Gasteiger partial charge < -0.3 is 15.4 Å². The largest absolute Gasteiger partial charge is 0.494 e. The summed E-state index contributed by atoms with van der Waals surface area (Å²) in [6, 6.07) is 4.15. The van der Waals surface area contributed by atoms with Gasteiger partial charge in [-0.25, -0.2) is 4.39 Å². The summed E-state index contributed by atoms with van der Waals surface area (Å²) in [7, 11) is 1.47. The molecular formula is C15H19FN2O2. The first kappa shape index (κ1) is 13.4. The summed E-state index contributed by atoms with van der Waals surface area (Å²) in [4.78, 5) is 12.3. The number of methoxy groups -OCH3 is 1. The summed E-state index contributed by atoms with van der Waals surface area (Å²) >= 11 is 0. The van der Waals surface area contributed by atoms with Gasteiger partial charge in [0.05, 0.1) is 12.8 Å². The number of nitrogens with one attached hydrogen (secondary N) is 2. The van der Waals surface area contributed by atoms with Crippen LogP contribution in [0.5, 0.6) is 5.75 Å². The summed E-state index contributed by atoms with van der Waals surface area (Å²) in [6.45, 7) is 1.98. The highest BCUT2D eigenvalue weighted by molar-refractivity contribution is 5.96. The fraction of sp³-hybridized carbons (Fsp3) is 0.533. The molecule has 1 amide bonds. The number of rotatable bonds is 3. The minimum Gasteiger partial charge on any atom is -0.494 e. The Hall–Kier alpha value is -1.62. The minimum absolute atomic E-state index is 0.0248. The molecule has 1 atom stereocenters. The Morgan fingerprint density at radius 2 is 2.20 bits per heavy atom. The normalized spacial score (nSPS) is 23.4. The van der Waals surface area contributed by atoms with Crippen molar-refractivity contribution in [2.24, 2.45) is 11.3 Å². The molecule has 0 bridgehead atoms. The van der Waals surface area contributed by atoms with Crippen molar-refractivity contribution in [3.05, 3.63) is 24.0 Å². The third kappa shape index (κ3) is 2.38. The molecule has 2 N–H and O–H groups in total. The van der Waals surface area contributed by atoms with E-state index in [9.17, 15) is 9.18 Å². The maximum Gasteiger partial charge on any atom is 0.228 e. The molecule has 1 aliphatic heterocycles. The van der Waals surface area contributed by atoms with Crippen molar-refractivity contribution < 1.29 is 13.9 Å². The molecule has 20 heavy (non-hydrogen) atoms. The number of halogens is 1. The number of anilines is 1. The van der Waals surface area contributed by atoms with Gasteiger partial charge in [-0.3, -0.25) is 4.79 Å². The third-order valence-corrected chi connectivity index (χ3v) is 4.53. The molecule has 4 nitrogen and oxygen atoms in total. The van der Waals surface area contributed by atoms with Crippen LogP contribution in [-0.2, 0) is 4.79 Å². The number of benzene rings is 1. The van der Waals surface area contributed by atoms with Crippen LogP contribution in [-0.4, -0.2) is 26.1 Å². The van der Waals surface area contributed by atoms with Crippen LogP contribution in [0.15, 0.2) is 18.2 Å². The van der Waals surface area contributed by atoms with E-state index in [4.69, 9.17) is 4.74 Å². The van der Waals surface area contributed by atoms with E-state index in [1.54, 1.807) is 6.07 Å². The molecule has 108 valence electrons. The highest BCUT2D eigenvalue weighted by Gasteiger charge is 2.57. The molecular weight excluding hydrogens is 259 g/mol. The molecule has 1 aromatic rings. The van der Waals surface area contributed by atoms with Crippen molar-refractivity contribution in [3.8, 4) is 5.75 Å². The van der Waals surface area contributed by atoms with Crippen molar-refractivity contribution in [1.29, 1.82) is 0 Å². The van der Waals surface area contributed by atoms with Crippen molar-refractivity contribution in [3.63, 3.8) is 0 Å². The number of carbonyl (C=O) groups is 1. The van der Waals surface area contributed by atoms with Gasteiger partial charge >= 0.3 is 0 Å². The van der Waals surface area contributed by atoms with Crippen LogP contribution in [0.25, 0.3) is 0 Å². The van der Waals surface area contributed by atoms with E-state index in [1.165, 1.54) is 19.2 Å². The lowest BCUT2D eigenvalue weighted by molar-refractivity contribution is -0.118. The Morgan fingerprint density at radius 1 is 1.45 bits per heavy atom. The van der Waals surface area contributed by atoms with Gasteiger partial charge in [0, 0.05) is 12.0 Å². The fourth-order valence-electron chi connectivity index (χ4n) is 3.18. The van der Waals surface area contributed by atoms with Gasteiger partial charge in [0.25, 0.3) is 0 Å². The zero-order chi connectivity index (χ0) is 14.2. The summed E-state index contributed by atoms with van der Waals surface area (Å²) < 4.78 is 18.2. The lowest BCUT2D eigenvalue weighted by Gasteiger charge is -2.23. The van der Waals surface area contributed by atoms with Crippen LogP contribution in [0.2, 0.25) is 0 Å². The Balaban J connectivity index is 1.68. The average Bonchev–Trinajstić information content (AvgIpc) is 3.15. The predicted octanol–water partition coefficient (Wildman–Crippen LogP) is 2.16. The summed E-state index contributed by atoms with van der Waals surface area (Å²) in [5.41, 5.74) is 0.734. The van der Waals surface area contributed by atoms with E-state index in [1.807, 2.05) is 0 Å². The second-order valence-electron chi connectivity index (χ2n) is 5.70. The lowest BCUT2D eigenvalue weighted by atomic mass is 9.92. The number of amides is 1. The standard InChI is InChI=1S/C15H19FN2O2/c1-20-13-8-10(16)2-3-12(13)18-14(19)11-9-15(11)4-6-17-7-5-15/h2-3,8,11,17H,4-7,9H2,1H3,(H,18,19). The summed E-state index contributed by atoms with van der Waals surface area (Å²) in [5, 5.41) is 6.19. The molecule has 1 saturated carbocycles. The maximum absolute atomic E-state index is 13.1. The number of piperidine rings is 1. The van der Waals surface area contributed by atoms with Gasteiger partial charge in [-0.15, -0.1) is 0 Å². The van der Waals surface area contributed by atoms with Crippen LogP contribution >= 0.6 is 0 Å². The maximum atomic E-state index is 13.1. The molecule has 5 heteroatoms. The van der Waals surface area contributed by atoms with Gasteiger partial charge in [-0.05, 0) is 49.9 Å². The first-order chi connectivity index (χ1) is 9.64. The molecule has 1 aliphatic carbocycles. The van der Waals surface area contributed by atoms with Gasteiger partial charge in [0.1, 0.15) is 11.6 Å². The topological polar surface area (TPSA) is 50.4 Å². The summed E-state index contributed by atoms with van der Waals surface area (Å²) in [5.74, 6) is 0.0932. The molecule has 3 rings (SSSR count). The van der Waals surface area contributed by atoms with Crippen LogP contribution in [0.1, 0.15) is 19.3 Å².